The van der Waals surface area contributed by atoms with Gasteiger partial charge in [0, 0.05) is 6.42 Å². The lowest BCUT2D eigenvalue weighted by Crippen LogP contribution is -2.08. The lowest BCUT2D eigenvalue weighted by Gasteiger charge is -2.06. The molecule has 0 aliphatic heterocycles. The highest BCUT2D eigenvalue weighted by Crippen LogP contribution is 2.14. The second-order valence-electron chi connectivity index (χ2n) is 6.14. The Morgan fingerprint density at radius 3 is 2.23 bits per heavy atom. The number of unbranched alkanes of at least 4 members (excludes halogenated alkanes) is 3. The molecule has 0 saturated heterocycles. The maximum absolute atomic E-state index is 12.1. The summed E-state index contributed by atoms with van der Waals surface area (Å²) in [4.78, 5) is 23.1. The minimum atomic E-state index is -0.343. The van der Waals surface area contributed by atoms with Gasteiger partial charge >= 0.3 is 11.9 Å². The van der Waals surface area contributed by atoms with Crippen LogP contribution in [0.1, 0.15) is 54.9 Å². The van der Waals surface area contributed by atoms with Gasteiger partial charge in [-0.2, -0.15) is 0 Å². The fourth-order valence-electron chi connectivity index (χ4n) is 2.53. The first-order chi connectivity index (χ1) is 12.7. The summed E-state index contributed by atoms with van der Waals surface area (Å²) >= 11 is 0. The van der Waals surface area contributed by atoms with Crippen molar-refractivity contribution >= 4 is 11.9 Å². The minimum Gasteiger partial charge on any atom is -0.466 e. The molecule has 0 fully saturated rings. The van der Waals surface area contributed by atoms with Gasteiger partial charge in [-0.05, 0) is 49.1 Å². The molecule has 0 unspecified atom stereocenters. The van der Waals surface area contributed by atoms with E-state index >= 15 is 0 Å². The van der Waals surface area contributed by atoms with Crippen molar-refractivity contribution in [2.45, 2.75) is 45.4 Å². The van der Waals surface area contributed by atoms with Crippen LogP contribution in [-0.2, 0) is 16.0 Å². The molecule has 0 saturated carbocycles. The summed E-state index contributed by atoms with van der Waals surface area (Å²) in [6.45, 7) is 2.32. The van der Waals surface area contributed by atoms with Crippen molar-refractivity contribution in [3.63, 3.8) is 0 Å². The molecule has 0 heterocycles. The predicted molar refractivity (Wildman–Crippen MR) is 101 cm³/mol. The van der Waals surface area contributed by atoms with Crippen molar-refractivity contribution in [3.05, 3.63) is 65.7 Å². The Hall–Kier alpha value is -2.62. The van der Waals surface area contributed by atoms with Crippen molar-refractivity contribution in [2.75, 3.05) is 6.61 Å². The summed E-state index contributed by atoms with van der Waals surface area (Å²) < 4.78 is 10.4. The largest absolute Gasteiger partial charge is 0.466 e. The summed E-state index contributed by atoms with van der Waals surface area (Å²) in [5, 5.41) is 0. The Kier molecular flexibility index (Phi) is 8.40. The first kappa shape index (κ1) is 19.7. The zero-order valence-electron chi connectivity index (χ0n) is 15.3. The van der Waals surface area contributed by atoms with Crippen molar-refractivity contribution < 1.29 is 19.1 Å². The van der Waals surface area contributed by atoms with Crippen LogP contribution in [0.5, 0.6) is 5.75 Å². The number of carbonyl (C=O) groups is 2. The molecule has 26 heavy (non-hydrogen) atoms. The fraction of sp³-hybridized carbons (Fsp3) is 0.364. The summed E-state index contributed by atoms with van der Waals surface area (Å²) in [5.74, 6) is 0.0754. The SMILES string of the molecule is CCC(=O)OCCCCCCc1ccc(C(=O)Oc2ccccc2)cc1. The molecule has 2 aromatic rings. The monoisotopic (exact) mass is 354 g/mol. The molecule has 2 rings (SSSR count). The molecular formula is C22H26O4. The van der Waals surface area contributed by atoms with Crippen LogP contribution < -0.4 is 4.74 Å². The molecule has 0 amide bonds. The average Bonchev–Trinajstić information content (AvgIpc) is 2.68. The zero-order valence-corrected chi connectivity index (χ0v) is 15.3. The van der Waals surface area contributed by atoms with E-state index in [4.69, 9.17) is 9.47 Å². The Balaban J connectivity index is 1.66. The number of hydrogen-bond acceptors (Lipinski definition) is 4. The lowest BCUT2D eigenvalue weighted by molar-refractivity contribution is -0.143. The maximum Gasteiger partial charge on any atom is 0.343 e. The third kappa shape index (κ3) is 7.09. The van der Waals surface area contributed by atoms with Crippen molar-refractivity contribution in [3.8, 4) is 5.75 Å². The van der Waals surface area contributed by atoms with Gasteiger partial charge in [-0.15, -0.1) is 0 Å². The summed E-state index contributed by atoms with van der Waals surface area (Å²) in [6, 6.07) is 16.6. The number of aryl methyl sites for hydroxylation is 1. The number of ether oxygens (including phenoxy) is 2. The molecule has 0 aliphatic carbocycles. The van der Waals surface area contributed by atoms with E-state index in [1.807, 2.05) is 42.5 Å². The number of hydrogen-bond donors (Lipinski definition) is 0. The molecule has 0 atom stereocenters. The molecule has 2 aromatic carbocycles. The molecule has 0 aliphatic rings. The number of para-hydroxylation sites is 1. The normalized spacial score (nSPS) is 10.3. The van der Waals surface area contributed by atoms with Crippen LogP contribution in [0.25, 0.3) is 0 Å². The highest BCUT2D eigenvalue weighted by atomic mass is 16.5. The lowest BCUT2D eigenvalue weighted by atomic mass is 10.0. The third-order valence-electron chi connectivity index (χ3n) is 4.05. The molecule has 4 nitrogen and oxygen atoms in total. The smallest absolute Gasteiger partial charge is 0.343 e. The Morgan fingerprint density at radius 1 is 0.846 bits per heavy atom. The van der Waals surface area contributed by atoms with E-state index < -0.39 is 0 Å². The molecule has 0 aromatic heterocycles. The molecular weight excluding hydrogens is 328 g/mol. The molecule has 0 spiro atoms. The predicted octanol–water partition coefficient (Wildman–Crippen LogP) is 4.96. The Labute approximate surface area is 155 Å². The van der Waals surface area contributed by atoms with Gasteiger partial charge in [0.05, 0.1) is 12.2 Å². The molecule has 0 radical (unpaired) electrons. The first-order valence-corrected chi connectivity index (χ1v) is 9.21. The van der Waals surface area contributed by atoms with Crippen molar-refractivity contribution in [1.29, 1.82) is 0 Å². The van der Waals surface area contributed by atoms with E-state index in [1.165, 1.54) is 5.56 Å². The minimum absolute atomic E-state index is 0.129. The van der Waals surface area contributed by atoms with Gasteiger partial charge in [-0.1, -0.05) is 50.1 Å². The number of rotatable bonds is 10. The molecule has 138 valence electrons. The number of esters is 2. The Bertz CT molecular complexity index is 677. The van der Waals surface area contributed by atoms with Gasteiger partial charge in [0.25, 0.3) is 0 Å². The highest BCUT2D eigenvalue weighted by molar-refractivity contribution is 5.91. The summed E-state index contributed by atoms with van der Waals surface area (Å²) in [7, 11) is 0. The second-order valence-corrected chi connectivity index (χ2v) is 6.14. The topological polar surface area (TPSA) is 52.6 Å². The van der Waals surface area contributed by atoms with Gasteiger partial charge < -0.3 is 9.47 Å². The fourth-order valence-corrected chi connectivity index (χ4v) is 2.53. The van der Waals surface area contributed by atoms with Crippen LogP contribution in [0, 0.1) is 0 Å². The standard InChI is InChI=1S/C22H26O4/c1-2-21(23)25-17-9-4-3-6-10-18-13-15-19(16-14-18)22(24)26-20-11-7-5-8-12-20/h5,7-8,11-16H,2-4,6,9-10,17H2,1H3. The summed E-state index contributed by atoms with van der Waals surface area (Å²) in [5.41, 5.74) is 1.76. The van der Waals surface area contributed by atoms with Crippen LogP contribution in [0.4, 0.5) is 0 Å². The van der Waals surface area contributed by atoms with Gasteiger partial charge in [0.2, 0.25) is 0 Å². The van der Waals surface area contributed by atoms with E-state index in [9.17, 15) is 9.59 Å². The van der Waals surface area contributed by atoms with Crippen LogP contribution in [0.3, 0.4) is 0 Å². The average molecular weight is 354 g/mol. The van der Waals surface area contributed by atoms with Gasteiger partial charge in [0.15, 0.2) is 0 Å². The van der Waals surface area contributed by atoms with Crippen LogP contribution >= 0.6 is 0 Å². The maximum atomic E-state index is 12.1. The highest BCUT2D eigenvalue weighted by Gasteiger charge is 2.08. The van der Waals surface area contributed by atoms with Crippen LogP contribution in [0.15, 0.2) is 54.6 Å². The molecule has 0 bridgehead atoms. The van der Waals surface area contributed by atoms with Crippen molar-refractivity contribution in [2.24, 2.45) is 0 Å². The molecule has 0 N–H and O–H groups in total. The van der Waals surface area contributed by atoms with E-state index in [0.717, 1.165) is 32.1 Å². The first-order valence-electron chi connectivity index (χ1n) is 9.21. The quantitative estimate of drug-likeness (QED) is 0.344. The summed E-state index contributed by atoms with van der Waals surface area (Å²) in [6.07, 6.45) is 5.56. The second kappa shape index (κ2) is 11.1. The third-order valence-corrected chi connectivity index (χ3v) is 4.05. The zero-order chi connectivity index (χ0) is 18.6. The van der Waals surface area contributed by atoms with Crippen molar-refractivity contribution in [1.82, 2.24) is 0 Å². The van der Waals surface area contributed by atoms with E-state index in [1.54, 1.807) is 19.1 Å². The van der Waals surface area contributed by atoms with E-state index in [-0.39, 0.29) is 11.9 Å². The van der Waals surface area contributed by atoms with Crippen LogP contribution in [-0.4, -0.2) is 18.5 Å². The van der Waals surface area contributed by atoms with E-state index in [2.05, 4.69) is 0 Å². The van der Waals surface area contributed by atoms with Gasteiger partial charge in [-0.25, -0.2) is 4.79 Å². The van der Waals surface area contributed by atoms with Gasteiger partial charge in [-0.3, -0.25) is 4.79 Å². The number of benzene rings is 2. The van der Waals surface area contributed by atoms with E-state index in [0.29, 0.717) is 24.3 Å². The molecule has 4 heteroatoms. The van der Waals surface area contributed by atoms with Crippen LogP contribution in [0.2, 0.25) is 0 Å². The Morgan fingerprint density at radius 2 is 1.54 bits per heavy atom. The number of carbonyl (C=O) groups excluding carboxylic acids is 2. The van der Waals surface area contributed by atoms with Gasteiger partial charge in [0.1, 0.15) is 5.75 Å².